The van der Waals surface area contributed by atoms with Gasteiger partial charge in [-0.1, -0.05) is 12.1 Å². The van der Waals surface area contributed by atoms with Crippen LogP contribution in [0.5, 0.6) is 0 Å². The van der Waals surface area contributed by atoms with E-state index in [0.29, 0.717) is 6.54 Å². The zero-order chi connectivity index (χ0) is 15.4. The summed E-state index contributed by atoms with van der Waals surface area (Å²) < 4.78 is 2.23. The summed E-state index contributed by atoms with van der Waals surface area (Å²) in [6.45, 7) is 5.52. The van der Waals surface area contributed by atoms with Gasteiger partial charge in [0.15, 0.2) is 0 Å². The van der Waals surface area contributed by atoms with Crippen molar-refractivity contribution in [2.24, 2.45) is 5.92 Å². The second kappa shape index (κ2) is 6.92. The number of aryl methyl sites for hydroxylation is 1. The Labute approximate surface area is 131 Å². The first-order chi connectivity index (χ1) is 10.8. The van der Waals surface area contributed by atoms with E-state index in [0.717, 1.165) is 50.2 Å². The molecule has 1 atom stereocenters. The van der Waals surface area contributed by atoms with Gasteiger partial charge in [0.25, 0.3) is 0 Å². The fourth-order valence-electron chi connectivity index (χ4n) is 3.19. The summed E-state index contributed by atoms with van der Waals surface area (Å²) in [5, 5.41) is 6.35. The van der Waals surface area contributed by atoms with Crippen LogP contribution >= 0.6 is 0 Å². The van der Waals surface area contributed by atoms with Crippen LogP contribution in [0.1, 0.15) is 25.6 Å². The number of carbonyl (C=O) groups is 1. The van der Waals surface area contributed by atoms with Gasteiger partial charge in [-0.15, -0.1) is 0 Å². The maximum absolute atomic E-state index is 12.1. The number of imidazole rings is 1. The Hall–Kier alpha value is -1.88. The number of rotatable bonds is 5. The predicted octanol–water partition coefficient (Wildman–Crippen LogP) is 1.71. The number of para-hydroxylation sites is 2. The topological polar surface area (TPSA) is 59.0 Å². The fraction of sp³-hybridized carbons (Fsp3) is 0.529. The molecule has 0 bridgehead atoms. The molecule has 2 heterocycles. The van der Waals surface area contributed by atoms with Crippen molar-refractivity contribution in [1.29, 1.82) is 0 Å². The van der Waals surface area contributed by atoms with Gasteiger partial charge in [0.05, 0.1) is 17.0 Å². The van der Waals surface area contributed by atoms with Crippen LogP contribution in [0, 0.1) is 5.92 Å². The molecule has 0 radical (unpaired) electrons. The van der Waals surface area contributed by atoms with Crippen molar-refractivity contribution in [3.63, 3.8) is 0 Å². The van der Waals surface area contributed by atoms with E-state index in [1.54, 1.807) is 0 Å². The summed E-state index contributed by atoms with van der Waals surface area (Å²) in [7, 11) is 0. The van der Waals surface area contributed by atoms with E-state index in [9.17, 15) is 4.79 Å². The van der Waals surface area contributed by atoms with Gasteiger partial charge in [0.1, 0.15) is 5.82 Å². The Morgan fingerprint density at radius 3 is 3.09 bits per heavy atom. The third-order valence-corrected chi connectivity index (χ3v) is 4.37. The maximum atomic E-state index is 12.1. The average Bonchev–Trinajstić information content (AvgIpc) is 2.93. The smallest absolute Gasteiger partial charge is 0.224 e. The predicted molar refractivity (Wildman–Crippen MR) is 87.7 cm³/mol. The number of carbonyl (C=O) groups excluding carboxylic acids is 1. The van der Waals surface area contributed by atoms with Crippen molar-refractivity contribution in [3.8, 4) is 0 Å². The van der Waals surface area contributed by atoms with Crippen LogP contribution in [0.3, 0.4) is 0 Å². The highest BCUT2D eigenvalue weighted by Crippen LogP contribution is 2.16. The van der Waals surface area contributed by atoms with E-state index < -0.39 is 0 Å². The third-order valence-electron chi connectivity index (χ3n) is 4.37. The molecule has 118 valence electrons. The number of nitrogens with zero attached hydrogens (tertiary/aromatic N) is 2. The lowest BCUT2D eigenvalue weighted by Crippen LogP contribution is -2.41. The van der Waals surface area contributed by atoms with Crippen molar-refractivity contribution < 1.29 is 4.79 Å². The zero-order valence-electron chi connectivity index (χ0n) is 13.1. The second-order valence-electron chi connectivity index (χ2n) is 5.85. The van der Waals surface area contributed by atoms with E-state index in [2.05, 4.69) is 28.2 Å². The molecule has 5 heteroatoms. The van der Waals surface area contributed by atoms with Crippen LogP contribution in [0.15, 0.2) is 24.3 Å². The molecule has 0 spiro atoms. The molecule has 1 aliphatic rings. The summed E-state index contributed by atoms with van der Waals surface area (Å²) in [5.41, 5.74) is 2.20. The van der Waals surface area contributed by atoms with Gasteiger partial charge in [-0.25, -0.2) is 4.98 Å². The quantitative estimate of drug-likeness (QED) is 0.884. The average molecular weight is 300 g/mol. The molecule has 2 N–H and O–H groups in total. The lowest BCUT2D eigenvalue weighted by molar-refractivity contribution is -0.125. The summed E-state index contributed by atoms with van der Waals surface area (Å²) in [4.78, 5) is 16.8. The molecule has 1 saturated heterocycles. The van der Waals surface area contributed by atoms with Crippen molar-refractivity contribution in [1.82, 2.24) is 20.2 Å². The molecule has 0 aliphatic carbocycles. The van der Waals surface area contributed by atoms with Gasteiger partial charge < -0.3 is 15.2 Å². The zero-order valence-corrected chi connectivity index (χ0v) is 13.1. The van der Waals surface area contributed by atoms with Crippen molar-refractivity contribution >= 4 is 16.9 Å². The minimum absolute atomic E-state index is 0.124. The highest BCUT2D eigenvalue weighted by atomic mass is 16.1. The number of hydrogen-bond acceptors (Lipinski definition) is 3. The van der Waals surface area contributed by atoms with Crippen molar-refractivity contribution in [3.05, 3.63) is 30.1 Å². The largest absolute Gasteiger partial charge is 0.355 e. The fourth-order valence-corrected chi connectivity index (χ4v) is 3.19. The van der Waals surface area contributed by atoms with Crippen LogP contribution in [0.2, 0.25) is 0 Å². The van der Waals surface area contributed by atoms with Crippen LogP contribution in [-0.2, 0) is 17.8 Å². The van der Waals surface area contributed by atoms with Crippen LogP contribution in [0.4, 0.5) is 0 Å². The Morgan fingerprint density at radius 2 is 2.32 bits per heavy atom. The minimum Gasteiger partial charge on any atom is -0.355 e. The summed E-state index contributed by atoms with van der Waals surface area (Å²) in [6, 6.07) is 8.19. The molecule has 1 fully saturated rings. The van der Waals surface area contributed by atoms with Gasteiger partial charge in [-0.2, -0.15) is 0 Å². The summed E-state index contributed by atoms with van der Waals surface area (Å²) in [5.74, 6) is 1.34. The monoisotopic (exact) mass is 300 g/mol. The number of benzene rings is 1. The number of amides is 1. The Morgan fingerprint density at radius 1 is 1.45 bits per heavy atom. The maximum Gasteiger partial charge on any atom is 0.224 e. The Bertz CT molecular complexity index is 643. The standard InChI is InChI=1S/C17H24N4O/c1-2-21-15-8-4-3-7-14(15)20-16(21)9-11-19-17(22)13-6-5-10-18-12-13/h3-4,7-8,13,18H,2,5-6,9-12H2,1H3,(H,19,22). The number of nitrogens with one attached hydrogen (secondary N) is 2. The first kappa shape index (κ1) is 15.0. The van der Waals surface area contributed by atoms with Gasteiger partial charge in [-0.05, 0) is 38.4 Å². The number of fused-ring (bicyclic) bond motifs is 1. The first-order valence-electron chi connectivity index (χ1n) is 8.22. The van der Waals surface area contributed by atoms with E-state index in [1.165, 1.54) is 5.52 Å². The van der Waals surface area contributed by atoms with Crippen LogP contribution in [0.25, 0.3) is 11.0 Å². The molecule has 1 unspecified atom stereocenters. The Kier molecular flexibility index (Phi) is 4.73. The Balaban J connectivity index is 1.60. The first-order valence-corrected chi connectivity index (χ1v) is 8.22. The number of hydrogen-bond donors (Lipinski definition) is 2. The third kappa shape index (κ3) is 3.14. The molecule has 5 nitrogen and oxygen atoms in total. The van der Waals surface area contributed by atoms with E-state index in [4.69, 9.17) is 4.98 Å². The SMILES string of the molecule is CCn1c(CCNC(=O)C2CCCNC2)nc2ccccc21. The number of aromatic nitrogens is 2. The second-order valence-corrected chi connectivity index (χ2v) is 5.85. The summed E-state index contributed by atoms with van der Waals surface area (Å²) >= 11 is 0. The van der Waals surface area contributed by atoms with E-state index in [-0.39, 0.29) is 11.8 Å². The molecule has 3 rings (SSSR count). The molecular weight excluding hydrogens is 276 g/mol. The van der Waals surface area contributed by atoms with Crippen molar-refractivity contribution in [2.75, 3.05) is 19.6 Å². The number of piperidine rings is 1. The molecule has 2 aromatic rings. The van der Waals surface area contributed by atoms with Crippen molar-refractivity contribution in [2.45, 2.75) is 32.7 Å². The van der Waals surface area contributed by atoms with Gasteiger partial charge in [0.2, 0.25) is 5.91 Å². The molecule has 1 aliphatic heterocycles. The summed E-state index contributed by atoms with van der Waals surface area (Å²) in [6.07, 6.45) is 2.85. The van der Waals surface area contributed by atoms with Gasteiger partial charge in [0, 0.05) is 26.1 Å². The molecule has 1 aromatic heterocycles. The highest BCUT2D eigenvalue weighted by Gasteiger charge is 2.20. The van der Waals surface area contributed by atoms with Gasteiger partial charge in [-0.3, -0.25) is 4.79 Å². The highest BCUT2D eigenvalue weighted by molar-refractivity contribution is 5.79. The van der Waals surface area contributed by atoms with Gasteiger partial charge >= 0.3 is 0 Å². The van der Waals surface area contributed by atoms with Crippen LogP contribution < -0.4 is 10.6 Å². The lowest BCUT2D eigenvalue weighted by atomic mass is 9.99. The minimum atomic E-state index is 0.124. The van der Waals surface area contributed by atoms with E-state index in [1.807, 2.05) is 18.2 Å². The lowest BCUT2D eigenvalue weighted by Gasteiger charge is -2.21. The van der Waals surface area contributed by atoms with E-state index >= 15 is 0 Å². The normalized spacial score (nSPS) is 18.5. The molecule has 0 saturated carbocycles. The molecule has 22 heavy (non-hydrogen) atoms. The molecular formula is C17H24N4O. The molecule has 1 aromatic carbocycles. The van der Waals surface area contributed by atoms with Crippen LogP contribution in [-0.4, -0.2) is 35.1 Å². The molecule has 1 amide bonds.